The molecule has 2 N–H and O–H groups in total. The van der Waals surface area contributed by atoms with Crippen LogP contribution in [0.2, 0.25) is 0 Å². The summed E-state index contributed by atoms with van der Waals surface area (Å²) in [5.74, 6) is -1.44. The minimum atomic E-state index is -1.09. The summed E-state index contributed by atoms with van der Waals surface area (Å²) in [4.78, 5) is 31.6. The molecule has 0 saturated heterocycles. The number of hydrogen-bond acceptors (Lipinski definition) is 5. The van der Waals surface area contributed by atoms with Crippen LogP contribution < -0.4 is 5.32 Å². The minimum Gasteiger partial charge on any atom is -0.478 e. The van der Waals surface area contributed by atoms with Crippen LogP contribution in [-0.2, 0) is 4.79 Å². The zero-order valence-corrected chi connectivity index (χ0v) is 11.3. The molecule has 0 aliphatic carbocycles. The molecule has 0 aromatic carbocycles. The summed E-state index contributed by atoms with van der Waals surface area (Å²) < 4.78 is 0. The van der Waals surface area contributed by atoms with E-state index in [2.05, 4.69) is 15.3 Å². The molecule has 20 heavy (non-hydrogen) atoms. The average Bonchev–Trinajstić information content (AvgIpc) is 2.82. The molecule has 0 radical (unpaired) electrons. The third-order valence-corrected chi connectivity index (χ3v) is 3.17. The highest BCUT2D eigenvalue weighted by molar-refractivity contribution is 7.15. The van der Waals surface area contributed by atoms with Crippen molar-refractivity contribution in [3.05, 3.63) is 46.7 Å². The Bertz CT molecular complexity index is 679. The van der Waals surface area contributed by atoms with Gasteiger partial charge in [0.1, 0.15) is 0 Å². The lowest BCUT2D eigenvalue weighted by molar-refractivity contribution is -0.131. The fourth-order valence-electron chi connectivity index (χ4n) is 1.48. The SMILES string of the molecule is Cc1cnc(NC(=O)c2ccncc2C=CC(=O)O)s1. The number of pyridine rings is 1. The third kappa shape index (κ3) is 3.48. The molecule has 0 unspecified atom stereocenters. The van der Waals surface area contributed by atoms with Gasteiger partial charge in [-0.25, -0.2) is 9.78 Å². The van der Waals surface area contributed by atoms with E-state index < -0.39 is 5.97 Å². The predicted octanol–water partition coefficient (Wildman–Crippen LogP) is 2.20. The van der Waals surface area contributed by atoms with Crippen LogP contribution in [0.5, 0.6) is 0 Å². The highest BCUT2D eigenvalue weighted by atomic mass is 32.1. The standard InChI is InChI=1S/C13H11N3O3S/c1-8-6-15-13(20-8)16-12(19)10-4-5-14-7-9(10)2-3-11(17)18/h2-7H,1H3,(H,17,18)(H,15,16,19). The van der Waals surface area contributed by atoms with Gasteiger partial charge in [0.2, 0.25) is 0 Å². The molecule has 6 nitrogen and oxygen atoms in total. The number of rotatable bonds is 4. The number of aliphatic carboxylic acids is 1. The molecular formula is C13H11N3O3S. The van der Waals surface area contributed by atoms with Crippen LogP contribution in [0.15, 0.2) is 30.7 Å². The first-order chi connectivity index (χ1) is 9.56. The number of carboxylic acid groups (broad SMARTS) is 1. The van der Waals surface area contributed by atoms with Gasteiger partial charge in [0, 0.05) is 35.1 Å². The summed E-state index contributed by atoms with van der Waals surface area (Å²) >= 11 is 1.36. The number of hydrogen-bond donors (Lipinski definition) is 2. The number of aromatic nitrogens is 2. The van der Waals surface area contributed by atoms with Crippen molar-refractivity contribution in [2.75, 3.05) is 5.32 Å². The van der Waals surface area contributed by atoms with E-state index in [0.717, 1.165) is 11.0 Å². The van der Waals surface area contributed by atoms with E-state index in [1.165, 1.54) is 35.9 Å². The molecule has 0 saturated carbocycles. The van der Waals surface area contributed by atoms with Crippen LogP contribution in [0.25, 0.3) is 6.08 Å². The molecule has 0 atom stereocenters. The van der Waals surface area contributed by atoms with Crippen LogP contribution in [0, 0.1) is 6.92 Å². The van der Waals surface area contributed by atoms with Gasteiger partial charge in [0.05, 0.1) is 5.56 Å². The van der Waals surface area contributed by atoms with Gasteiger partial charge < -0.3 is 5.11 Å². The van der Waals surface area contributed by atoms with Crippen molar-refractivity contribution in [2.24, 2.45) is 0 Å². The third-order valence-electron chi connectivity index (χ3n) is 2.34. The molecule has 0 spiro atoms. The lowest BCUT2D eigenvalue weighted by Gasteiger charge is -2.04. The number of nitrogens with one attached hydrogen (secondary N) is 1. The van der Waals surface area contributed by atoms with Crippen molar-refractivity contribution < 1.29 is 14.7 Å². The first kappa shape index (κ1) is 13.9. The molecule has 2 aromatic rings. The van der Waals surface area contributed by atoms with E-state index in [1.807, 2.05) is 6.92 Å². The van der Waals surface area contributed by atoms with Gasteiger partial charge in [-0.3, -0.25) is 15.1 Å². The highest BCUT2D eigenvalue weighted by Gasteiger charge is 2.11. The largest absolute Gasteiger partial charge is 0.478 e. The average molecular weight is 289 g/mol. The molecule has 7 heteroatoms. The van der Waals surface area contributed by atoms with Crippen LogP contribution in [-0.4, -0.2) is 27.0 Å². The summed E-state index contributed by atoms with van der Waals surface area (Å²) in [5, 5.41) is 11.8. The number of thiazole rings is 1. The quantitative estimate of drug-likeness (QED) is 0.842. The zero-order valence-electron chi connectivity index (χ0n) is 10.5. The first-order valence-electron chi connectivity index (χ1n) is 5.65. The number of amides is 1. The maximum atomic E-state index is 12.1. The Hall–Kier alpha value is -2.54. The normalized spacial score (nSPS) is 10.7. The number of carbonyl (C=O) groups excluding carboxylic acids is 1. The van der Waals surface area contributed by atoms with Crippen molar-refractivity contribution >= 4 is 34.4 Å². The smallest absolute Gasteiger partial charge is 0.328 e. The number of nitrogens with zero attached hydrogens (tertiary/aromatic N) is 2. The van der Waals surface area contributed by atoms with Crippen LogP contribution in [0.3, 0.4) is 0 Å². The van der Waals surface area contributed by atoms with Gasteiger partial charge in [-0.15, -0.1) is 11.3 Å². The van der Waals surface area contributed by atoms with E-state index in [4.69, 9.17) is 5.11 Å². The maximum absolute atomic E-state index is 12.1. The Morgan fingerprint density at radius 3 is 2.85 bits per heavy atom. The Morgan fingerprint density at radius 1 is 1.40 bits per heavy atom. The predicted molar refractivity (Wildman–Crippen MR) is 75.7 cm³/mol. The van der Waals surface area contributed by atoms with E-state index >= 15 is 0 Å². The van der Waals surface area contributed by atoms with Gasteiger partial charge in [0.15, 0.2) is 5.13 Å². The number of anilines is 1. The summed E-state index contributed by atoms with van der Waals surface area (Å²) in [7, 11) is 0. The monoisotopic (exact) mass is 289 g/mol. The lowest BCUT2D eigenvalue weighted by atomic mass is 10.1. The molecule has 0 fully saturated rings. The van der Waals surface area contributed by atoms with Gasteiger partial charge >= 0.3 is 5.97 Å². The van der Waals surface area contributed by atoms with Crippen molar-refractivity contribution in [1.29, 1.82) is 0 Å². The highest BCUT2D eigenvalue weighted by Crippen LogP contribution is 2.18. The number of aryl methyl sites for hydroxylation is 1. The second-order valence-corrected chi connectivity index (χ2v) is 5.10. The maximum Gasteiger partial charge on any atom is 0.328 e. The molecule has 0 aliphatic heterocycles. The fraction of sp³-hybridized carbons (Fsp3) is 0.0769. The molecule has 0 bridgehead atoms. The summed E-state index contributed by atoms with van der Waals surface area (Å²) in [6.07, 6.45) is 6.86. The Morgan fingerprint density at radius 2 is 2.20 bits per heavy atom. The summed E-state index contributed by atoms with van der Waals surface area (Å²) in [6, 6.07) is 1.53. The first-order valence-corrected chi connectivity index (χ1v) is 6.46. The van der Waals surface area contributed by atoms with E-state index in [0.29, 0.717) is 16.3 Å². The molecule has 2 rings (SSSR count). The van der Waals surface area contributed by atoms with E-state index in [-0.39, 0.29) is 5.91 Å². The van der Waals surface area contributed by atoms with E-state index in [9.17, 15) is 9.59 Å². The molecule has 1 amide bonds. The van der Waals surface area contributed by atoms with Gasteiger partial charge in [-0.1, -0.05) is 0 Å². The molecule has 0 aliphatic rings. The minimum absolute atomic E-state index is 0.338. The Balaban J connectivity index is 2.23. The second-order valence-electron chi connectivity index (χ2n) is 3.86. The van der Waals surface area contributed by atoms with Gasteiger partial charge in [-0.2, -0.15) is 0 Å². The van der Waals surface area contributed by atoms with E-state index in [1.54, 1.807) is 6.20 Å². The lowest BCUT2D eigenvalue weighted by Crippen LogP contribution is -2.13. The van der Waals surface area contributed by atoms with Crippen molar-refractivity contribution in [2.45, 2.75) is 6.92 Å². The molecular weight excluding hydrogens is 278 g/mol. The van der Waals surface area contributed by atoms with Crippen LogP contribution in [0.1, 0.15) is 20.8 Å². The van der Waals surface area contributed by atoms with Crippen LogP contribution >= 0.6 is 11.3 Å². The summed E-state index contributed by atoms with van der Waals surface area (Å²) in [6.45, 7) is 1.89. The van der Waals surface area contributed by atoms with Crippen molar-refractivity contribution in [3.8, 4) is 0 Å². The van der Waals surface area contributed by atoms with Crippen molar-refractivity contribution in [1.82, 2.24) is 9.97 Å². The Kier molecular flexibility index (Phi) is 4.21. The number of carboxylic acids is 1. The molecule has 2 heterocycles. The summed E-state index contributed by atoms with van der Waals surface area (Å²) in [5.41, 5.74) is 0.769. The molecule has 102 valence electrons. The zero-order chi connectivity index (χ0) is 14.5. The fourth-order valence-corrected chi connectivity index (χ4v) is 2.14. The van der Waals surface area contributed by atoms with Crippen molar-refractivity contribution in [3.63, 3.8) is 0 Å². The molecule has 2 aromatic heterocycles. The number of carbonyl (C=O) groups is 2. The van der Waals surface area contributed by atoms with Crippen LogP contribution in [0.4, 0.5) is 5.13 Å². The topological polar surface area (TPSA) is 92.2 Å². The second kappa shape index (κ2) is 6.07. The van der Waals surface area contributed by atoms with Gasteiger partial charge in [-0.05, 0) is 19.1 Å². The Labute approximate surface area is 118 Å². The van der Waals surface area contributed by atoms with Gasteiger partial charge in [0.25, 0.3) is 5.91 Å².